The summed E-state index contributed by atoms with van der Waals surface area (Å²) < 4.78 is 0. The summed E-state index contributed by atoms with van der Waals surface area (Å²) in [5, 5.41) is 8.99. The molecule has 0 heterocycles. The van der Waals surface area contributed by atoms with Crippen molar-refractivity contribution in [3.8, 4) is 0 Å². The fraction of sp³-hybridized carbons (Fsp3) is 0.500. The van der Waals surface area contributed by atoms with Crippen molar-refractivity contribution in [2.24, 2.45) is 5.73 Å². The Morgan fingerprint density at radius 3 is 2.82 bits per heavy atom. The lowest BCUT2D eigenvalue weighted by Gasteiger charge is -2.15. The third kappa shape index (κ3) is 3.07. The predicted molar refractivity (Wildman–Crippen MR) is 67.2 cm³/mol. The summed E-state index contributed by atoms with van der Waals surface area (Å²) in [4.78, 5) is 10.9. The Morgan fingerprint density at radius 2 is 2.06 bits per heavy atom. The molecule has 1 aromatic rings. The molecule has 0 spiro atoms. The van der Waals surface area contributed by atoms with E-state index in [1.807, 2.05) is 18.2 Å². The number of aromatic carboxylic acids is 1. The lowest BCUT2D eigenvalue weighted by atomic mass is 9.91. The Kier molecular flexibility index (Phi) is 3.79. The van der Waals surface area contributed by atoms with E-state index in [2.05, 4.69) is 0 Å². The highest BCUT2D eigenvalue weighted by molar-refractivity contribution is 5.87. The Balaban J connectivity index is 2.15. The van der Waals surface area contributed by atoms with Gasteiger partial charge in [-0.05, 0) is 49.3 Å². The highest BCUT2D eigenvalue weighted by atomic mass is 16.4. The van der Waals surface area contributed by atoms with Gasteiger partial charge in [-0.15, -0.1) is 0 Å². The van der Waals surface area contributed by atoms with Gasteiger partial charge in [0, 0.05) is 6.04 Å². The van der Waals surface area contributed by atoms with Crippen molar-refractivity contribution in [3.05, 3.63) is 35.4 Å². The first kappa shape index (κ1) is 12.1. The monoisotopic (exact) mass is 233 g/mol. The fourth-order valence-electron chi connectivity index (χ4n) is 2.59. The Bertz CT molecular complexity index is 403. The molecule has 1 aliphatic rings. The van der Waals surface area contributed by atoms with Crippen LogP contribution >= 0.6 is 0 Å². The normalized spacial score (nSPS) is 25.2. The summed E-state index contributed by atoms with van der Waals surface area (Å²) in [7, 11) is 0. The van der Waals surface area contributed by atoms with Crippen molar-refractivity contribution in [1.82, 2.24) is 0 Å². The number of rotatable bonds is 2. The molecule has 0 bridgehead atoms. The van der Waals surface area contributed by atoms with Gasteiger partial charge in [-0.2, -0.15) is 0 Å². The highest BCUT2D eigenvalue weighted by Gasteiger charge is 2.18. The molecule has 3 heteroatoms. The summed E-state index contributed by atoms with van der Waals surface area (Å²) in [6.07, 6.45) is 5.47. The molecule has 0 radical (unpaired) electrons. The van der Waals surface area contributed by atoms with E-state index in [1.165, 1.54) is 0 Å². The molecule has 1 aliphatic carbocycles. The average Bonchev–Trinajstić information content (AvgIpc) is 2.54. The second-order valence-electron chi connectivity index (χ2n) is 4.90. The van der Waals surface area contributed by atoms with Gasteiger partial charge in [0.1, 0.15) is 0 Å². The average molecular weight is 233 g/mol. The number of nitrogens with two attached hydrogens (primary N) is 1. The smallest absolute Gasteiger partial charge is 0.335 e. The van der Waals surface area contributed by atoms with Crippen LogP contribution < -0.4 is 5.73 Å². The molecule has 0 amide bonds. The second-order valence-corrected chi connectivity index (χ2v) is 4.90. The predicted octanol–water partition coefficient (Wildman–Crippen LogP) is 2.76. The summed E-state index contributed by atoms with van der Waals surface area (Å²) in [5.41, 5.74) is 7.50. The quantitative estimate of drug-likeness (QED) is 0.772. The van der Waals surface area contributed by atoms with Gasteiger partial charge in [-0.1, -0.05) is 18.6 Å². The van der Waals surface area contributed by atoms with Gasteiger partial charge in [0.05, 0.1) is 5.56 Å². The van der Waals surface area contributed by atoms with Crippen LogP contribution in [0.2, 0.25) is 0 Å². The third-order valence-corrected chi connectivity index (χ3v) is 3.62. The molecule has 1 fully saturated rings. The molecule has 0 aliphatic heterocycles. The van der Waals surface area contributed by atoms with Crippen LogP contribution in [0.15, 0.2) is 24.3 Å². The maximum Gasteiger partial charge on any atom is 0.335 e. The zero-order valence-electron chi connectivity index (χ0n) is 9.93. The number of hydrogen-bond donors (Lipinski definition) is 2. The SMILES string of the molecule is NC1CCCC(c2cccc(C(=O)O)c2)CC1. The number of carboxylic acid groups (broad SMARTS) is 1. The van der Waals surface area contributed by atoms with Gasteiger partial charge in [-0.25, -0.2) is 4.79 Å². The summed E-state index contributed by atoms with van der Waals surface area (Å²) in [5.74, 6) is -0.375. The van der Waals surface area contributed by atoms with E-state index in [0.717, 1.165) is 37.7 Å². The number of benzene rings is 1. The van der Waals surface area contributed by atoms with Crippen LogP contribution in [-0.4, -0.2) is 17.1 Å². The summed E-state index contributed by atoms with van der Waals surface area (Å²) in [6.45, 7) is 0. The van der Waals surface area contributed by atoms with E-state index in [0.29, 0.717) is 17.5 Å². The molecule has 3 N–H and O–H groups in total. The lowest BCUT2D eigenvalue weighted by Crippen LogP contribution is -2.17. The third-order valence-electron chi connectivity index (χ3n) is 3.62. The van der Waals surface area contributed by atoms with Gasteiger partial charge in [0.15, 0.2) is 0 Å². The van der Waals surface area contributed by atoms with E-state index in [4.69, 9.17) is 10.8 Å². The molecule has 0 aromatic heterocycles. The number of carboxylic acids is 1. The van der Waals surface area contributed by atoms with Crippen LogP contribution in [0.3, 0.4) is 0 Å². The first-order chi connectivity index (χ1) is 8.16. The van der Waals surface area contributed by atoms with Crippen LogP contribution in [0.4, 0.5) is 0 Å². The maximum atomic E-state index is 10.9. The van der Waals surface area contributed by atoms with E-state index in [1.54, 1.807) is 6.07 Å². The molecule has 2 atom stereocenters. The minimum atomic E-state index is -0.850. The van der Waals surface area contributed by atoms with Crippen molar-refractivity contribution in [2.75, 3.05) is 0 Å². The molecule has 3 nitrogen and oxygen atoms in total. The largest absolute Gasteiger partial charge is 0.478 e. The zero-order valence-corrected chi connectivity index (χ0v) is 9.93. The molecule has 1 aromatic carbocycles. The fourth-order valence-corrected chi connectivity index (χ4v) is 2.59. The first-order valence-corrected chi connectivity index (χ1v) is 6.25. The molecule has 17 heavy (non-hydrogen) atoms. The van der Waals surface area contributed by atoms with Gasteiger partial charge >= 0.3 is 5.97 Å². The topological polar surface area (TPSA) is 63.3 Å². The summed E-state index contributed by atoms with van der Waals surface area (Å²) in [6, 6.07) is 7.65. The van der Waals surface area contributed by atoms with Crippen LogP contribution in [0.5, 0.6) is 0 Å². The number of hydrogen-bond acceptors (Lipinski definition) is 2. The van der Waals surface area contributed by atoms with Crippen molar-refractivity contribution in [2.45, 2.75) is 44.1 Å². The van der Waals surface area contributed by atoms with Crippen molar-refractivity contribution >= 4 is 5.97 Å². The maximum absolute atomic E-state index is 10.9. The lowest BCUT2D eigenvalue weighted by molar-refractivity contribution is 0.0696. The molecular formula is C14H19NO2. The molecule has 2 rings (SSSR count). The number of carbonyl (C=O) groups is 1. The van der Waals surface area contributed by atoms with Crippen LogP contribution in [0, 0.1) is 0 Å². The van der Waals surface area contributed by atoms with Gasteiger partial charge in [0.2, 0.25) is 0 Å². The van der Waals surface area contributed by atoms with Crippen molar-refractivity contribution in [3.63, 3.8) is 0 Å². The molecule has 1 saturated carbocycles. The minimum absolute atomic E-state index is 0.322. The molecular weight excluding hydrogens is 214 g/mol. The van der Waals surface area contributed by atoms with Crippen molar-refractivity contribution in [1.29, 1.82) is 0 Å². The van der Waals surface area contributed by atoms with Crippen LogP contribution in [0.1, 0.15) is 53.9 Å². The van der Waals surface area contributed by atoms with E-state index < -0.39 is 5.97 Å². The van der Waals surface area contributed by atoms with Gasteiger partial charge in [-0.3, -0.25) is 0 Å². The van der Waals surface area contributed by atoms with Crippen LogP contribution in [-0.2, 0) is 0 Å². The Hall–Kier alpha value is -1.35. The Labute approximate surface area is 102 Å². The van der Waals surface area contributed by atoms with Gasteiger partial charge < -0.3 is 10.8 Å². The highest BCUT2D eigenvalue weighted by Crippen LogP contribution is 2.31. The van der Waals surface area contributed by atoms with E-state index >= 15 is 0 Å². The molecule has 2 unspecified atom stereocenters. The van der Waals surface area contributed by atoms with E-state index in [9.17, 15) is 4.79 Å². The van der Waals surface area contributed by atoms with E-state index in [-0.39, 0.29) is 0 Å². The molecule has 92 valence electrons. The van der Waals surface area contributed by atoms with Crippen LogP contribution in [0.25, 0.3) is 0 Å². The Morgan fingerprint density at radius 1 is 1.24 bits per heavy atom. The van der Waals surface area contributed by atoms with Gasteiger partial charge in [0.25, 0.3) is 0 Å². The summed E-state index contributed by atoms with van der Waals surface area (Å²) >= 11 is 0. The zero-order chi connectivity index (χ0) is 12.3. The van der Waals surface area contributed by atoms with Crippen molar-refractivity contribution < 1.29 is 9.90 Å². The second kappa shape index (κ2) is 5.32. The standard InChI is InChI=1S/C14H19NO2/c15-13-6-2-3-10(7-8-13)11-4-1-5-12(9-11)14(16)17/h1,4-5,9-10,13H,2-3,6-8,15H2,(H,16,17). The minimum Gasteiger partial charge on any atom is -0.478 e. The molecule has 0 saturated heterocycles. The first-order valence-electron chi connectivity index (χ1n) is 6.25.